The molecule has 0 amide bonds. The van der Waals surface area contributed by atoms with Gasteiger partial charge in [0.15, 0.2) is 11.9 Å². The number of hydrogen-bond donors (Lipinski definition) is 7. The van der Waals surface area contributed by atoms with E-state index in [0.717, 1.165) is 18.4 Å². The second-order valence-electron chi connectivity index (χ2n) is 17.0. The maximum Gasteiger partial charge on any atom is 0.491 e. The molecule has 4 aromatic rings. The lowest BCUT2D eigenvalue weighted by Crippen LogP contribution is -2.52. The molecular formula is C48H55F3N10O19S2. The van der Waals surface area contributed by atoms with E-state index in [0.29, 0.717) is 25.5 Å². The number of carbonyl (C=O) groups excluding carboxylic acids is 4. The molecule has 34 heteroatoms. The largest absolute Gasteiger partial charge is 0.491 e. The number of carboxylic acid groups (broad SMARTS) is 3. The van der Waals surface area contributed by atoms with Crippen LogP contribution < -0.4 is 32.4 Å². The van der Waals surface area contributed by atoms with Crippen LogP contribution in [-0.4, -0.2) is 175 Å². The highest BCUT2D eigenvalue weighted by atomic mass is 32.2. The molecule has 0 aliphatic carbocycles. The summed E-state index contributed by atoms with van der Waals surface area (Å²) in [6.07, 6.45) is -8.48. The van der Waals surface area contributed by atoms with E-state index in [1.165, 1.54) is 97.1 Å². The summed E-state index contributed by atoms with van der Waals surface area (Å²) in [5.74, 6) is -12.5. The minimum Gasteiger partial charge on any atom is -0.481 e. The van der Waals surface area contributed by atoms with Gasteiger partial charge in [0, 0.05) is 40.3 Å². The molecule has 0 aliphatic heterocycles. The van der Waals surface area contributed by atoms with Crippen LogP contribution in [0.15, 0.2) is 107 Å². The lowest BCUT2D eigenvalue weighted by molar-refractivity contribution is -0.202. The summed E-state index contributed by atoms with van der Waals surface area (Å²) in [6, 6.07) is 17.6. The zero-order chi connectivity index (χ0) is 61.1. The van der Waals surface area contributed by atoms with Gasteiger partial charge in [0.25, 0.3) is 20.4 Å². The van der Waals surface area contributed by atoms with Crippen LogP contribution in [0.4, 0.5) is 24.5 Å². The Labute approximate surface area is 465 Å². The van der Waals surface area contributed by atoms with Crippen LogP contribution in [0.2, 0.25) is 0 Å². The molecule has 29 nitrogen and oxygen atoms in total. The molecule has 0 bridgehead atoms. The summed E-state index contributed by atoms with van der Waals surface area (Å²) in [6.45, 7) is -4.83. The third-order valence-corrected chi connectivity index (χ3v) is 14.8. The van der Waals surface area contributed by atoms with E-state index in [9.17, 15) is 78.9 Å². The molecule has 0 saturated heterocycles. The summed E-state index contributed by atoms with van der Waals surface area (Å²) < 4.78 is 122. The highest BCUT2D eigenvalue weighted by Gasteiger charge is 2.45. The van der Waals surface area contributed by atoms with Gasteiger partial charge in [-0.1, -0.05) is 24.3 Å². The highest BCUT2D eigenvalue weighted by Crippen LogP contribution is 2.24. The van der Waals surface area contributed by atoms with Crippen LogP contribution in [0.5, 0.6) is 11.5 Å². The molecule has 0 saturated carbocycles. The Morgan fingerprint density at radius 1 is 0.549 bits per heavy atom. The standard InChI is InChI=1S/C48H55F3N10O19S2/c1-58(27-29-3-15-35(16-4-29)78-43(69)31-7-11-33(12-8-31)56-46(52)53)81(72,73)60(37(41(65)66)25-39(62)63)19-21-76-23-24-77-22-20-61(38(42(67)68)26-40(64)80-45(71)48(49,50)51)82(74,75)59(2)28-30-5-17-36(18-6-30)79-44(70)32-9-13-34(14-10-32)57-47(54)55/h3-18,37-38H,19-28H2,1-2H3,(H,62,63)(H,65,66)(H,67,68)(H4,52,53,56)(H4,54,55,57)/t37-,38-/m0/s1. The molecule has 82 heavy (non-hydrogen) atoms. The van der Waals surface area contributed by atoms with Gasteiger partial charge in [-0.05, 0) is 83.9 Å². The smallest absolute Gasteiger partial charge is 0.481 e. The number of nitrogens with two attached hydrogens (primary N) is 4. The van der Waals surface area contributed by atoms with Crippen LogP contribution in [0.1, 0.15) is 44.7 Å². The predicted octanol–water partition coefficient (Wildman–Crippen LogP) is 1.03. The van der Waals surface area contributed by atoms with Crippen LogP contribution in [0.3, 0.4) is 0 Å². The van der Waals surface area contributed by atoms with Gasteiger partial charge in [-0.15, -0.1) is 0 Å². The Bertz CT molecular complexity index is 3200. The van der Waals surface area contributed by atoms with Crippen LogP contribution in [0.25, 0.3) is 0 Å². The number of alkyl halides is 3. The van der Waals surface area contributed by atoms with Gasteiger partial charge in [-0.2, -0.15) is 47.2 Å². The van der Waals surface area contributed by atoms with Gasteiger partial charge in [0.05, 0.1) is 61.8 Å². The topological polar surface area (TPSA) is 436 Å². The molecule has 0 unspecified atom stereocenters. The van der Waals surface area contributed by atoms with E-state index >= 15 is 0 Å². The van der Waals surface area contributed by atoms with Gasteiger partial charge in [-0.3, -0.25) is 19.2 Å². The number of halogens is 3. The molecule has 0 heterocycles. The number of benzene rings is 4. The third kappa shape index (κ3) is 20.2. The van der Waals surface area contributed by atoms with Crippen LogP contribution >= 0.6 is 0 Å². The van der Waals surface area contributed by atoms with E-state index in [2.05, 4.69) is 14.7 Å². The highest BCUT2D eigenvalue weighted by molar-refractivity contribution is 7.87. The normalized spacial score (nSPS) is 12.5. The molecule has 0 spiro atoms. The minimum absolute atomic E-state index is 0.0104. The number of rotatable bonds is 31. The second-order valence-corrected chi connectivity index (χ2v) is 21.0. The Hall–Kier alpha value is -8.64. The van der Waals surface area contributed by atoms with Crippen LogP contribution in [-0.2, 0) is 71.7 Å². The van der Waals surface area contributed by atoms with E-state index in [4.69, 9.17) is 41.9 Å². The van der Waals surface area contributed by atoms with Crippen molar-refractivity contribution in [1.29, 1.82) is 0 Å². The number of hydrogen-bond acceptors (Lipinski definition) is 18. The Kier molecular flexibility index (Phi) is 23.9. The first-order valence-electron chi connectivity index (χ1n) is 23.5. The Morgan fingerprint density at radius 2 is 0.902 bits per heavy atom. The Morgan fingerprint density at radius 3 is 1.22 bits per heavy atom. The van der Waals surface area contributed by atoms with Crippen molar-refractivity contribution in [3.63, 3.8) is 0 Å². The van der Waals surface area contributed by atoms with Gasteiger partial charge in [0.1, 0.15) is 23.6 Å². The molecule has 444 valence electrons. The number of aliphatic imine (C=N–C) groups is 2. The maximum atomic E-state index is 14.0. The van der Waals surface area contributed by atoms with Crippen molar-refractivity contribution in [2.75, 3.05) is 53.6 Å². The zero-order valence-electron chi connectivity index (χ0n) is 43.3. The molecule has 0 radical (unpaired) electrons. The van der Waals surface area contributed by atoms with E-state index < -0.39 is 146 Å². The third-order valence-electron chi connectivity index (χ3n) is 10.9. The summed E-state index contributed by atoms with van der Waals surface area (Å²) >= 11 is 0. The number of ether oxygens (including phenoxy) is 5. The van der Waals surface area contributed by atoms with Crippen LogP contribution in [0, 0.1) is 0 Å². The number of nitrogens with zero attached hydrogens (tertiary/aromatic N) is 6. The van der Waals surface area contributed by atoms with Crippen molar-refractivity contribution in [2.45, 2.75) is 44.2 Å². The SMILES string of the molecule is CN(Cc1ccc(OC(=O)c2ccc(N=C(N)N)cc2)cc1)S(=O)(=O)N(CCOCCOCCN([C@@H](CC(=O)OC(=O)C(F)(F)F)C(=O)O)S(=O)(=O)N(C)Cc1ccc(OC(=O)c2ccc(N=C(N)N)cc2)cc1)[C@@H](CC(=O)O)C(=O)O. The fraction of sp³-hybridized carbons (Fsp3) is 0.312. The molecule has 4 aromatic carbocycles. The molecule has 0 aliphatic rings. The number of esters is 4. The fourth-order valence-corrected chi connectivity index (χ4v) is 9.90. The quantitative estimate of drug-likeness (QED) is 0.00924. The molecule has 0 aromatic heterocycles. The molecule has 2 atom stereocenters. The number of carboxylic acids is 3. The zero-order valence-corrected chi connectivity index (χ0v) is 44.9. The van der Waals surface area contributed by atoms with Crippen molar-refractivity contribution < 1.29 is 103 Å². The van der Waals surface area contributed by atoms with Crippen molar-refractivity contribution in [2.24, 2.45) is 32.9 Å². The van der Waals surface area contributed by atoms with Crippen molar-refractivity contribution in [1.82, 2.24) is 17.2 Å². The maximum absolute atomic E-state index is 14.0. The van der Waals surface area contributed by atoms with E-state index in [1.54, 1.807) is 0 Å². The minimum atomic E-state index is -5.69. The lowest BCUT2D eigenvalue weighted by atomic mass is 10.2. The van der Waals surface area contributed by atoms with Crippen molar-refractivity contribution in [3.8, 4) is 11.5 Å². The monoisotopic (exact) mass is 1200 g/mol. The summed E-state index contributed by atoms with van der Waals surface area (Å²) in [7, 11) is -7.81. The van der Waals surface area contributed by atoms with E-state index in [-0.39, 0.29) is 44.4 Å². The van der Waals surface area contributed by atoms with Gasteiger partial charge in [0.2, 0.25) is 0 Å². The Balaban J connectivity index is 1.41. The average Bonchev–Trinajstić information content (AvgIpc) is 3.49. The second kappa shape index (κ2) is 29.7. The first kappa shape index (κ1) is 65.9. The molecule has 4 rings (SSSR count). The van der Waals surface area contributed by atoms with Crippen molar-refractivity contribution >= 4 is 85.5 Å². The first-order valence-corrected chi connectivity index (χ1v) is 26.3. The summed E-state index contributed by atoms with van der Waals surface area (Å²) in [5, 5.41) is 29.5. The summed E-state index contributed by atoms with van der Waals surface area (Å²) in [4.78, 5) is 93.4. The van der Waals surface area contributed by atoms with Gasteiger partial charge < -0.3 is 61.9 Å². The molecular weight excluding hydrogens is 1140 g/mol. The number of carbonyl (C=O) groups is 7. The molecule has 0 fully saturated rings. The van der Waals surface area contributed by atoms with Gasteiger partial charge in [-0.25, -0.2) is 24.4 Å². The van der Waals surface area contributed by atoms with Crippen molar-refractivity contribution in [3.05, 3.63) is 119 Å². The first-order chi connectivity index (χ1) is 38.4. The predicted molar refractivity (Wildman–Crippen MR) is 279 cm³/mol. The van der Waals surface area contributed by atoms with Gasteiger partial charge >= 0.3 is 48.0 Å². The summed E-state index contributed by atoms with van der Waals surface area (Å²) in [5.41, 5.74) is 22.9. The number of aliphatic carboxylic acids is 3. The average molecular weight is 1200 g/mol. The van der Waals surface area contributed by atoms with E-state index in [1.807, 2.05) is 0 Å². The number of guanidine groups is 2. The fourth-order valence-electron chi connectivity index (χ4n) is 6.98. The molecule has 11 N–H and O–H groups in total. The lowest BCUT2D eigenvalue weighted by Gasteiger charge is -2.31.